The molecule has 2 N–H and O–H groups in total. The molecule has 0 spiro atoms. The van der Waals surface area contributed by atoms with Crippen LogP contribution in [0.5, 0.6) is 0 Å². The third-order valence-electron chi connectivity index (χ3n) is 3.66. The number of fused-ring (bicyclic) bond motifs is 1. The van der Waals surface area contributed by atoms with Gasteiger partial charge in [0.2, 0.25) is 16.1 Å². The number of H-pyrrole nitrogens is 1. The van der Waals surface area contributed by atoms with Crippen LogP contribution in [0.15, 0.2) is 52.4 Å². The molecule has 9 nitrogen and oxygen atoms in total. The van der Waals surface area contributed by atoms with Crippen LogP contribution >= 0.6 is 11.5 Å². The predicted octanol–water partition coefficient (Wildman–Crippen LogP) is 1.29. The Labute approximate surface area is 148 Å². The third-order valence-corrected chi connectivity index (χ3v) is 4.37. The lowest BCUT2D eigenvalue weighted by atomic mass is 10.2. The summed E-state index contributed by atoms with van der Waals surface area (Å²) in [6.07, 6.45) is 4.18. The van der Waals surface area contributed by atoms with E-state index in [1.54, 1.807) is 12.1 Å². The fraction of sp³-hybridized carbons (Fsp3) is 0. The maximum Gasteiger partial charge on any atom is 0.341 e. The van der Waals surface area contributed by atoms with Gasteiger partial charge in [-0.15, -0.1) is 0 Å². The Hall–Kier alpha value is -3.66. The number of carbonyl (C=O) groups is 1. The van der Waals surface area contributed by atoms with E-state index >= 15 is 0 Å². The molecule has 128 valence electrons. The number of pyridine rings is 3. The second-order valence-electron chi connectivity index (χ2n) is 5.26. The summed E-state index contributed by atoms with van der Waals surface area (Å²) >= 11 is 1.02. The van der Waals surface area contributed by atoms with Gasteiger partial charge < -0.3 is 10.1 Å². The van der Waals surface area contributed by atoms with Crippen molar-refractivity contribution in [2.24, 2.45) is 0 Å². The molecule has 0 aliphatic heterocycles. The lowest BCUT2D eigenvalue weighted by Gasteiger charge is -2.07. The number of nitrogens with one attached hydrogen (secondary N) is 1. The first-order chi connectivity index (χ1) is 12.5. The summed E-state index contributed by atoms with van der Waals surface area (Å²) in [6.45, 7) is 0. The van der Waals surface area contributed by atoms with E-state index in [9.17, 15) is 19.5 Å². The highest BCUT2D eigenvalue weighted by molar-refractivity contribution is 7.08. The minimum atomic E-state index is -1.33. The lowest BCUT2D eigenvalue weighted by Crippen LogP contribution is -2.18. The quantitative estimate of drug-likeness (QED) is 0.558. The Bertz CT molecular complexity index is 1250. The van der Waals surface area contributed by atoms with Crippen LogP contribution in [-0.2, 0) is 0 Å². The maximum absolute atomic E-state index is 12.3. The van der Waals surface area contributed by atoms with Crippen LogP contribution in [0.3, 0.4) is 0 Å². The van der Waals surface area contributed by atoms with Crippen molar-refractivity contribution in [2.75, 3.05) is 0 Å². The first-order valence-electron chi connectivity index (χ1n) is 7.31. The zero-order valence-corrected chi connectivity index (χ0v) is 13.7. The molecule has 0 radical (unpaired) electrons. The number of aromatic amines is 1. The number of carboxylic acids is 1. The van der Waals surface area contributed by atoms with E-state index in [4.69, 9.17) is 0 Å². The summed E-state index contributed by atoms with van der Waals surface area (Å²) in [5.41, 5.74) is -0.352. The molecular formula is C16H9N5O4S. The van der Waals surface area contributed by atoms with E-state index in [0.717, 1.165) is 11.5 Å². The van der Waals surface area contributed by atoms with E-state index in [0.29, 0.717) is 16.5 Å². The van der Waals surface area contributed by atoms with Crippen molar-refractivity contribution in [1.29, 1.82) is 0 Å². The molecule has 4 heterocycles. The van der Waals surface area contributed by atoms with Crippen LogP contribution in [0.1, 0.15) is 10.4 Å². The van der Waals surface area contributed by atoms with Crippen molar-refractivity contribution in [3.63, 3.8) is 0 Å². The van der Waals surface area contributed by atoms with Gasteiger partial charge in [0.05, 0.1) is 5.39 Å². The molecule has 0 aromatic carbocycles. The van der Waals surface area contributed by atoms with Crippen LogP contribution < -0.4 is 11.0 Å². The summed E-state index contributed by atoms with van der Waals surface area (Å²) in [5, 5.41) is 9.82. The minimum Gasteiger partial charge on any atom is -0.477 e. The Morgan fingerprint density at radius 3 is 2.81 bits per heavy atom. The fourth-order valence-electron chi connectivity index (χ4n) is 2.44. The predicted molar refractivity (Wildman–Crippen MR) is 93.8 cm³/mol. The molecule has 0 unspecified atom stereocenters. The molecule has 4 aromatic heterocycles. The topological polar surface area (TPSA) is 131 Å². The van der Waals surface area contributed by atoms with Gasteiger partial charge in [-0.25, -0.2) is 9.78 Å². The summed E-state index contributed by atoms with van der Waals surface area (Å²) in [6, 6.07) is 6.01. The van der Waals surface area contributed by atoms with Gasteiger partial charge in [0, 0.05) is 41.8 Å². The van der Waals surface area contributed by atoms with Gasteiger partial charge in [0.1, 0.15) is 11.2 Å². The maximum atomic E-state index is 12.3. The number of carboxylic acid groups (broad SMARTS) is 1. The highest BCUT2D eigenvalue weighted by Crippen LogP contribution is 2.22. The lowest BCUT2D eigenvalue weighted by molar-refractivity contribution is 0.0695. The molecule has 0 atom stereocenters. The van der Waals surface area contributed by atoms with Gasteiger partial charge in [-0.1, -0.05) is 0 Å². The molecule has 0 aliphatic rings. The highest BCUT2D eigenvalue weighted by Gasteiger charge is 2.18. The average molecular weight is 367 g/mol. The van der Waals surface area contributed by atoms with E-state index in [2.05, 4.69) is 19.3 Å². The van der Waals surface area contributed by atoms with Crippen molar-refractivity contribution < 1.29 is 9.90 Å². The molecule has 10 heteroatoms. The minimum absolute atomic E-state index is 0.174. The second kappa shape index (κ2) is 6.01. The Morgan fingerprint density at radius 2 is 2.08 bits per heavy atom. The van der Waals surface area contributed by atoms with E-state index < -0.39 is 11.4 Å². The summed E-state index contributed by atoms with van der Waals surface area (Å²) in [4.78, 5) is 46.0. The van der Waals surface area contributed by atoms with E-state index in [1.807, 2.05) is 0 Å². The summed E-state index contributed by atoms with van der Waals surface area (Å²) in [7, 11) is 0. The molecule has 0 bridgehead atoms. The van der Waals surface area contributed by atoms with Crippen LogP contribution in [0.25, 0.3) is 27.6 Å². The fourth-order valence-corrected chi connectivity index (χ4v) is 3.11. The van der Waals surface area contributed by atoms with Crippen molar-refractivity contribution >= 4 is 28.5 Å². The van der Waals surface area contributed by atoms with Crippen molar-refractivity contribution in [3.8, 4) is 16.5 Å². The largest absolute Gasteiger partial charge is 0.477 e. The normalized spacial score (nSPS) is 10.9. The smallest absolute Gasteiger partial charge is 0.341 e. The Morgan fingerprint density at radius 1 is 1.23 bits per heavy atom. The number of hydrogen-bond donors (Lipinski definition) is 2. The van der Waals surface area contributed by atoms with Gasteiger partial charge in [0.25, 0.3) is 0 Å². The summed E-state index contributed by atoms with van der Waals surface area (Å²) < 4.78 is 5.65. The monoisotopic (exact) mass is 367 g/mol. The molecular weight excluding hydrogens is 358 g/mol. The van der Waals surface area contributed by atoms with Gasteiger partial charge >= 0.3 is 5.97 Å². The van der Waals surface area contributed by atoms with Gasteiger partial charge in [-0.2, -0.15) is 9.36 Å². The van der Waals surface area contributed by atoms with Crippen LogP contribution in [-0.4, -0.2) is 35.0 Å². The SMILES string of the molecule is O=C(O)c1cn(-c2nc(-c3ccc(=O)[nH]c3)ns2)c2ncccc2c1=O. The Kier molecular flexibility index (Phi) is 3.66. The van der Waals surface area contributed by atoms with Crippen molar-refractivity contribution in [2.45, 2.75) is 0 Å². The van der Waals surface area contributed by atoms with Gasteiger partial charge in [0.15, 0.2) is 5.82 Å². The highest BCUT2D eigenvalue weighted by atomic mass is 32.1. The van der Waals surface area contributed by atoms with Crippen LogP contribution in [0.2, 0.25) is 0 Å². The number of aromatic carboxylic acids is 1. The first-order valence-corrected chi connectivity index (χ1v) is 8.09. The van der Waals surface area contributed by atoms with E-state index in [-0.39, 0.29) is 22.2 Å². The third kappa shape index (κ3) is 2.58. The van der Waals surface area contributed by atoms with Crippen LogP contribution in [0.4, 0.5) is 0 Å². The second-order valence-corrected chi connectivity index (χ2v) is 5.99. The molecule has 26 heavy (non-hydrogen) atoms. The van der Waals surface area contributed by atoms with Crippen molar-refractivity contribution in [1.82, 2.24) is 23.9 Å². The standard InChI is InChI=1S/C16H9N5O4S/c22-11-4-3-8(6-18-11)13-19-16(26-20-13)21-7-10(15(24)25)12(23)9-2-1-5-17-14(9)21/h1-7H,(H,18,22)(H,24,25). The van der Waals surface area contributed by atoms with Gasteiger partial charge in [-0.3, -0.25) is 14.2 Å². The first kappa shape index (κ1) is 15.8. The van der Waals surface area contributed by atoms with Gasteiger partial charge in [-0.05, 0) is 18.2 Å². The zero-order chi connectivity index (χ0) is 18.3. The molecule has 0 saturated heterocycles. The Balaban J connectivity index is 1.94. The average Bonchev–Trinajstić information content (AvgIpc) is 3.12. The van der Waals surface area contributed by atoms with E-state index in [1.165, 1.54) is 35.3 Å². The molecule has 4 aromatic rings. The number of aromatic nitrogens is 5. The molecule has 0 amide bonds. The zero-order valence-electron chi connectivity index (χ0n) is 12.9. The van der Waals surface area contributed by atoms with Crippen LogP contribution in [0, 0.1) is 0 Å². The van der Waals surface area contributed by atoms with Crippen molar-refractivity contribution in [3.05, 3.63) is 69.0 Å². The summed E-state index contributed by atoms with van der Waals surface area (Å²) in [5.74, 6) is -0.971. The number of nitrogens with zero attached hydrogens (tertiary/aromatic N) is 4. The molecule has 0 aliphatic carbocycles. The molecule has 4 rings (SSSR count). The molecule has 0 saturated carbocycles. The number of rotatable bonds is 3. The molecule has 0 fully saturated rings. The number of hydrogen-bond acceptors (Lipinski definition) is 7.